The normalized spacial score (nSPS) is 10.9. The van der Waals surface area contributed by atoms with Gasteiger partial charge in [0.25, 0.3) is 0 Å². The minimum atomic E-state index is 0.873. The van der Waals surface area contributed by atoms with Crippen molar-refractivity contribution < 1.29 is 0 Å². The van der Waals surface area contributed by atoms with Gasteiger partial charge in [0.05, 0.1) is 17.1 Å². The van der Waals surface area contributed by atoms with Crippen LogP contribution in [0.1, 0.15) is 16.7 Å². The number of aromatic nitrogens is 2. The van der Waals surface area contributed by atoms with E-state index in [9.17, 15) is 0 Å². The molecule has 3 aromatic carbocycles. The summed E-state index contributed by atoms with van der Waals surface area (Å²) in [5.41, 5.74) is 12.2. The second-order valence-corrected chi connectivity index (χ2v) is 8.66. The Morgan fingerprint density at radius 2 is 0.909 bits per heavy atom. The number of pyridine rings is 2. The SMILES string of the molecule is Cc1cccc(-c2ccnc(-c3cc(-c4cccc(C)c4)cc(-c4cccc(C)c4)n3)c2)c1. The van der Waals surface area contributed by atoms with Gasteiger partial charge in [0.2, 0.25) is 0 Å². The van der Waals surface area contributed by atoms with E-state index in [4.69, 9.17) is 9.97 Å². The van der Waals surface area contributed by atoms with Crippen molar-refractivity contribution in [2.24, 2.45) is 0 Å². The average Bonchev–Trinajstić information content (AvgIpc) is 2.84. The molecular formula is C31H26N2. The zero-order chi connectivity index (χ0) is 22.8. The molecule has 5 aromatic rings. The van der Waals surface area contributed by atoms with Crippen molar-refractivity contribution >= 4 is 0 Å². The second-order valence-electron chi connectivity index (χ2n) is 8.66. The Morgan fingerprint density at radius 3 is 1.55 bits per heavy atom. The molecule has 0 spiro atoms. The molecule has 160 valence electrons. The molecule has 0 aliphatic rings. The van der Waals surface area contributed by atoms with E-state index in [2.05, 4.69) is 118 Å². The topological polar surface area (TPSA) is 25.8 Å². The van der Waals surface area contributed by atoms with E-state index in [1.54, 1.807) is 0 Å². The van der Waals surface area contributed by atoms with Crippen molar-refractivity contribution in [1.82, 2.24) is 9.97 Å². The van der Waals surface area contributed by atoms with Gasteiger partial charge in [-0.3, -0.25) is 4.98 Å². The molecule has 0 fully saturated rings. The van der Waals surface area contributed by atoms with Crippen LogP contribution < -0.4 is 0 Å². The summed E-state index contributed by atoms with van der Waals surface area (Å²) in [7, 11) is 0. The summed E-state index contributed by atoms with van der Waals surface area (Å²) in [6.07, 6.45) is 1.88. The molecule has 0 saturated heterocycles. The van der Waals surface area contributed by atoms with Gasteiger partial charge < -0.3 is 0 Å². The van der Waals surface area contributed by atoms with Crippen LogP contribution in [0.25, 0.3) is 44.9 Å². The highest BCUT2D eigenvalue weighted by Gasteiger charge is 2.11. The monoisotopic (exact) mass is 426 g/mol. The summed E-state index contributed by atoms with van der Waals surface area (Å²) in [5, 5.41) is 0. The van der Waals surface area contributed by atoms with E-state index in [-0.39, 0.29) is 0 Å². The van der Waals surface area contributed by atoms with E-state index >= 15 is 0 Å². The van der Waals surface area contributed by atoms with Crippen LogP contribution in [-0.4, -0.2) is 9.97 Å². The van der Waals surface area contributed by atoms with Crippen LogP contribution in [0.5, 0.6) is 0 Å². The van der Waals surface area contributed by atoms with Gasteiger partial charge in [0.1, 0.15) is 0 Å². The molecule has 0 unspecified atom stereocenters. The zero-order valence-electron chi connectivity index (χ0n) is 19.2. The molecule has 0 atom stereocenters. The first-order valence-electron chi connectivity index (χ1n) is 11.2. The Kier molecular flexibility index (Phi) is 5.58. The van der Waals surface area contributed by atoms with Crippen molar-refractivity contribution in [3.63, 3.8) is 0 Å². The summed E-state index contributed by atoms with van der Waals surface area (Å²) in [4.78, 5) is 9.75. The first-order chi connectivity index (χ1) is 16.0. The third-order valence-electron chi connectivity index (χ3n) is 5.86. The van der Waals surface area contributed by atoms with Gasteiger partial charge in [-0.15, -0.1) is 0 Å². The highest BCUT2D eigenvalue weighted by molar-refractivity contribution is 5.77. The molecule has 0 radical (unpaired) electrons. The highest BCUT2D eigenvalue weighted by Crippen LogP contribution is 2.31. The van der Waals surface area contributed by atoms with Crippen LogP contribution in [0.2, 0.25) is 0 Å². The minimum Gasteiger partial charge on any atom is -0.255 e. The largest absolute Gasteiger partial charge is 0.255 e. The van der Waals surface area contributed by atoms with Crippen LogP contribution in [0.4, 0.5) is 0 Å². The summed E-state index contributed by atoms with van der Waals surface area (Å²) < 4.78 is 0. The molecule has 0 aliphatic heterocycles. The van der Waals surface area contributed by atoms with Crippen molar-refractivity contribution in [3.8, 4) is 44.9 Å². The highest BCUT2D eigenvalue weighted by atomic mass is 14.8. The maximum Gasteiger partial charge on any atom is 0.0900 e. The fourth-order valence-corrected chi connectivity index (χ4v) is 4.18. The second kappa shape index (κ2) is 8.84. The summed E-state index contributed by atoms with van der Waals surface area (Å²) in [6, 6.07) is 34.2. The van der Waals surface area contributed by atoms with E-state index in [1.807, 2.05) is 6.20 Å². The lowest BCUT2D eigenvalue weighted by molar-refractivity contribution is 1.25. The smallest absolute Gasteiger partial charge is 0.0900 e. The molecule has 0 bridgehead atoms. The van der Waals surface area contributed by atoms with Crippen molar-refractivity contribution in [2.75, 3.05) is 0 Å². The number of benzene rings is 3. The lowest BCUT2D eigenvalue weighted by Crippen LogP contribution is -1.94. The van der Waals surface area contributed by atoms with Crippen LogP contribution in [0.3, 0.4) is 0 Å². The van der Waals surface area contributed by atoms with Crippen LogP contribution in [0, 0.1) is 20.8 Å². The van der Waals surface area contributed by atoms with Gasteiger partial charge in [0, 0.05) is 11.8 Å². The lowest BCUT2D eigenvalue weighted by atomic mass is 9.98. The Hall–Kier alpha value is -4.04. The van der Waals surface area contributed by atoms with Crippen LogP contribution in [-0.2, 0) is 0 Å². The van der Waals surface area contributed by atoms with Crippen molar-refractivity contribution in [2.45, 2.75) is 20.8 Å². The molecule has 2 heteroatoms. The van der Waals surface area contributed by atoms with E-state index in [0.29, 0.717) is 0 Å². The van der Waals surface area contributed by atoms with E-state index < -0.39 is 0 Å². The standard InChI is InChI=1S/C31H26N2/c1-21-7-4-10-24(15-21)26-13-14-32-30(18-26)31-20-28(25-11-5-8-22(2)16-25)19-29(33-31)27-12-6-9-23(3)17-27/h4-20H,1-3H3. The first kappa shape index (κ1) is 20.8. The van der Waals surface area contributed by atoms with Crippen LogP contribution >= 0.6 is 0 Å². The molecule has 5 rings (SSSR count). The summed E-state index contributed by atoms with van der Waals surface area (Å²) >= 11 is 0. The predicted octanol–water partition coefficient (Wildman–Crippen LogP) is 8.07. The number of aryl methyl sites for hydroxylation is 3. The zero-order valence-corrected chi connectivity index (χ0v) is 19.2. The fourth-order valence-electron chi connectivity index (χ4n) is 4.18. The Bertz CT molecular complexity index is 1390. The van der Waals surface area contributed by atoms with Gasteiger partial charge >= 0.3 is 0 Å². The molecule has 33 heavy (non-hydrogen) atoms. The Morgan fingerprint density at radius 1 is 0.424 bits per heavy atom. The molecular weight excluding hydrogens is 400 g/mol. The van der Waals surface area contributed by atoms with Gasteiger partial charge in [0.15, 0.2) is 0 Å². The average molecular weight is 427 g/mol. The predicted molar refractivity (Wildman–Crippen MR) is 138 cm³/mol. The van der Waals surface area contributed by atoms with Gasteiger partial charge in [-0.1, -0.05) is 83.4 Å². The third-order valence-corrected chi connectivity index (χ3v) is 5.86. The molecule has 2 heterocycles. The fraction of sp³-hybridized carbons (Fsp3) is 0.0968. The Balaban J connectivity index is 1.68. The molecule has 0 amide bonds. The van der Waals surface area contributed by atoms with Crippen molar-refractivity contribution in [3.05, 3.63) is 120 Å². The number of nitrogens with zero attached hydrogens (tertiary/aromatic N) is 2. The van der Waals surface area contributed by atoms with Crippen LogP contribution in [0.15, 0.2) is 103 Å². The summed E-state index contributed by atoms with van der Waals surface area (Å²) in [6.45, 7) is 6.36. The minimum absolute atomic E-state index is 0.873. The number of hydrogen-bond acceptors (Lipinski definition) is 2. The molecule has 0 saturated carbocycles. The van der Waals surface area contributed by atoms with Gasteiger partial charge in [-0.25, -0.2) is 4.98 Å². The van der Waals surface area contributed by atoms with Gasteiger partial charge in [-0.05, 0) is 73.4 Å². The first-order valence-corrected chi connectivity index (χ1v) is 11.2. The Labute approximate surface area is 195 Å². The maximum absolute atomic E-state index is 5.05. The third kappa shape index (κ3) is 4.61. The molecule has 2 nitrogen and oxygen atoms in total. The lowest BCUT2D eigenvalue weighted by Gasteiger charge is -2.12. The quantitative estimate of drug-likeness (QED) is 0.290. The molecule has 0 aliphatic carbocycles. The molecule has 2 aromatic heterocycles. The summed E-state index contributed by atoms with van der Waals surface area (Å²) in [5.74, 6) is 0. The van der Waals surface area contributed by atoms with Crippen molar-refractivity contribution in [1.29, 1.82) is 0 Å². The van der Waals surface area contributed by atoms with Gasteiger partial charge in [-0.2, -0.15) is 0 Å². The van der Waals surface area contributed by atoms with E-state index in [1.165, 1.54) is 27.8 Å². The molecule has 0 N–H and O–H groups in total. The van der Waals surface area contributed by atoms with E-state index in [0.717, 1.165) is 33.8 Å². The number of rotatable bonds is 4. The maximum atomic E-state index is 5.05. The number of hydrogen-bond donors (Lipinski definition) is 0.